The minimum Gasteiger partial charge on any atom is -0.480 e. The third-order valence-corrected chi connectivity index (χ3v) is 2.84. The van der Waals surface area contributed by atoms with Crippen molar-refractivity contribution in [2.45, 2.75) is 32.4 Å². The van der Waals surface area contributed by atoms with Gasteiger partial charge < -0.3 is 25.2 Å². The van der Waals surface area contributed by atoms with Crippen molar-refractivity contribution in [1.82, 2.24) is 10.6 Å². The van der Waals surface area contributed by atoms with Gasteiger partial charge in [-0.05, 0) is 20.8 Å². The summed E-state index contributed by atoms with van der Waals surface area (Å²) in [6, 6.07) is -1.12. The molecule has 0 fully saturated rings. The van der Waals surface area contributed by atoms with Crippen molar-refractivity contribution in [3.8, 4) is 0 Å². The summed E-state index contributed by atoms with van der Waals surface area (Å²) >= 11 is 1.12. The maximum absolute atomic E-state index is 11.5. The van der Waals surface area contributed by atoms with E-state index in [0.29, 0.717) is 0 Å². The van der Waals surface area contributed by atoms with Crippen LogP contribution >= 0.6 is 11.8 Å². The van der Waals surface area contributed by atoms with E-state index in [1.165, 1.54) is 6.08 Å². The van der Waals surface area contributed by atoms with Crippen molar-refractivity contribution < 1.29 is 29.0 Å². The highest BCUT2D eigenvalue weighted by Gasteiger charge is 2.23. The number of hydrogen-bond acceptors (Lipinski definition) is 6. The lowest BCUT2D eigenvalue weighted by Gasteiger charge is -2.21. The Morgan fingerprint density at radius 2 is 1.95 bits per heavy atom. The molecule has 1 unspecified atom stereocenters. The van der Waals surface area contributed by atoms with Crippen LogP contribution in [0.4, 0.5) is 9.59 Å². The molecular formula is C13H22N2O6S. The molecule has 0 aliphatic carbocycles. The number of hydrogen-bond donors (Lipinski definition) is 3. The third-order valence-electron chi connectivity index (χ3n) is 1.92. The Balaban J connectivity index is 4.10. The maximum atomic E-state index is 11.5. The number of aliphatic carboxylic acids is 1. The summed E-state index contributed by atoms with van der Waals surface area (Å²) in [6.07, 6.45) is -0.00369. The molecule has 8 nitrogen and oxygen atoms in total. The van der Waals surface area contributed by atoms with Crippen molar-refractivity contribution in [2.24, 2.45) is 0 Å². The normalized spacial score (nSPS) is 12.0. The average Bonchev–Trinajstić information content (AvgIpc) is 2.37. The van der Waals surface area contributed by atoms with Gasteiger partial charge in [-0.2, -0.15) is 0 Å². The number of carbonyl (C=O) groups is 3. The van der Waals surface area contributed by atoms with Gasteiger partial charge in [-0.1, -0.05) is 12.7 Å². The number of alkyl carbamates (subject to hydrolysis) is 2. The quantitative estimate of drug-likeness (QED) is 0.351. The topological polar surface area (TPSA) is 114 Å². The highest BCUT2D eigenvalue weighted by atomic mass is 32.2. The summed E-state index contributed by atoms with van der Waals surface area (Å²) in [5, 5.41) is 13.7. The van der Waals surface area contributed by atoms with Crippen molar-refractivity contribution >= 4 is 29.9 Å². The smallest absolute Gasteiger partial charge is 0.408 e. The number of amides is 2. The highest BCUT2D eigenvalue weighted by Crippen LogP contribution is 2.08. The molecule has 0 aromatic heterocycles. The molecule has 0 saturated heterocycles. The molecule has 2 amide bonds. The van der Waals surface area contributed by atoms with E-state index < -0.39 is 29.8 Å². The molecule has 0 saturated carbocycles. The maximum Gasteiger partial charge on any atom is 0.408 e. The lowest BCUT2D eigenvalue weighted by atomic mass is 10.2. The number of carboxylic acid groups (broad SMARTS) is 1. The number of ether oxygens (including phenoxy) is 2. The second-order valence-corrected chi connectivity index (χ2v) is 6.15. The van der Waals surface area contributed by atoms with Gasteiger partial charge >= 0.3 is 18.2 Å². The monoisotopic (exact) mass is 334 g/mol. The molecule has 0 aromatic carbocycles. The first-order valence-corrected chi connectivity index (χ1v) is 7.62. The first-order valence-electron chi connectivity index (χ1n) is 6.47. The number of thioether (sulfide) groups is 1. The first-order chi connectivity index (χ1) is 10.2. The minimum absolute atomic E-state index is 0.0658. The largest absolute Gasteiger partial charge is 0.480 e. The van der Waals surface area contributed by atoms with Crippen LogP contribution in [0.15, 0.2) is 12.7 Å². The SMILES string of the molecule is C=CCOC(=O)NCSCC(NC(=O)OC(C)(C)C)C(=O)O. The molecule has 126 valence electrons. The summed E-state index contributed by atoms with van der Waals surface area (Å²) in [5.41, 5.74) is -0.712. The second-order valence-electron chi connectivity index (χ2n) is 5.12. The van der Waals surface area contributed by atoms with Gasteiger partial charge in [-0.3, -0.25) is 0 Å². The molecule has 0 aliphatic heterocycles. The molecular weight excluding hydrogens is 312 g/mol. The van der Waals surface area contributed by atoms with Gasteiger partial charge in [0.15, 0.2) is 0 Å². The van der Waals surface area contributed by atoms with Gasteiger partial charge in [-0.25, -0.2) is 14.4 Å². The van der Waals surface area contributed by atoms with Gasteiger partial charge in [0.1, 0.15) is 18.2 Å². The standard InChI is InChI=1S/C13H22N2O6S/c1-5-6-20-11(18)14-8-22-7-9(10(16)17)15-12(19)21-13(2,3)4/h5,9H,1,6-8H2,2-4H3,(H,14,18)(H,15,19)(H,16,17). The molecule has 3 N–H and O–H groups in total. The summed E-state index contributed by atoms with van der Waals surface area (Å²) < 4.78 is 9.66. The zero-order valence-corrected chi connectivity index (χ0v) is 13.7. The molecule has 0 bridgehead atoms. The Hall–Kier alpha value is -1.90. The van der Waals surface area contributed by atoms with Crippen LogP contribution in [-0.2, 0) is 14.3 Å². The molecule has 1 atom stereocenters. The van der Waals surface area contributed by atoms with E-state index >= 15 is 0 Å². The van der Waals surface area contributed by atoms with Crippen LogP contribution in [0.3, 0.4) is 0 Å². The lowest BCUT2D eigenvalue weighted by molar-refractivity contribution is -0.138. The van der Waals surface area contributed by atoms with Gasteiger partial charge in [0.2, 0.25) is 0 Å². The lowest BCUT2D eigenvalue weighted by Crippen LogP contribution is -2.45. The fourth-order valence-corrected chi connectivity index (χ4v) is 1.90. The molecule has 0 rings (SSSR count). The third kappa shape index (κ3) is 10.8. The van der Waals surface area contributed by atoms with Crippen LogP contribution < -0.4 is 10.6 Å². The van der Waals surface area contributed by atoms with Gasteiger partial charge in [0.25, 0.3) is 0 Å². The molecule has 22 heavy (non-hydrogen) atoms. The summed E-state index contributed by atoms with van der Waals surface area (Å²) in [6.45, 7) is 8.52. The Labute approximate surface area is 133 Å². The van der Waals surface area contributed by atoms with Crippen molar-refractivity contribution in [1.29, 1.82) is 0 Å². The van der Waals surface area contributed by atoms with Crippen LogP contribution in [0.5, 0.6) is 0 Å². The van der Waals surface area contributed by atoms with Gasteiger partial charge in [0.05, 0.1) is 5.88 Å². The Morgan fingerprint density at radius 3 is 2.45 bits per heavy atom. The predicted molar refractivity (Wildman–Crippen MR) is 82.8 cm³/mol. The Morgan fingerprint density at radius 1 is 1.32 bits per heavy atom. The van der Waals surface area contributed by atoms with E-state index in [9.17, 15) is 14.4 Å². The van der Waals surface area contributed by atoms with Crippen LogP contribution in [0.1, 0.15) is 20.8 Å². The van der Waals surface area contributed by atoms with Crippen molar-refractivity contribution in [3.63, 3.8) is 0 Å². The van der Waals surface area contributed by atoms with E-state index in [4.69, 9.17) is 9.84 Å². The number of carboxylic acids is 1. The van der Waals surface area contributed by atoms with Crippen molar-refractivity contribution in [2.75, 3.05) is 18.2 Å². The van der Waals surface area contributed by atoms with Crippen LogP contribution in [-0.4, -0.2) is 53.1 Å². The zero-order valence-electron chi connectivity index (χ0n) is 12.9. The van der Waals surface area contributed by atoms with Gasteiger partial charge in [-0.15, -0.1) is 11.8 Å². The summed E-state index contributed by atoms with van der Waals surface area (Å²) in [4.78, 5) is 33.7. The molecule has 0 heterocycles. The van der Waals surface area contributed by atoms with E-state index in [1.807, 2.05) is 0 Å². The molecule has 0 spiro atoms. The molecule has 0 aromatic rings. The minimum atomic E-state index is -1.19. The Kier molecular flexibility index (Phi) is 9.07. The number of nitrogens with one attached hydrogen (secondary N) is 2. The Bertz CT molecular complexity index is 408. The van der Waals surface area contributed by atoms with E-state index in [-0.39, 0.29) is 18.2 Å². The summed E-state index contributed by atoms with van der Waals surface area (Å²) in [7, 11) is 0. The van der Waals surface area contributed by atoms with Crippen molar-refractivity contribution in [3.05, 3.63) is 12.7 Å². The molecule has 0 aliphatic rings. The van der Waals surface area contributed by atoms with Gasteiger partial charge in [0, 0.05) is 5.75 Å². The van der Waals surface area contributed by atoms with E-state index in [0.717, 1.165) is 11.8 Å². The number of carbonyl (C=O) groups excluding carboxylic acids is 2. The van der Waals surface area contributed by atoms with E-state index in [1.54, 1.807) is 20.8 Å². The van der Waals surface area contributed by atoms with Crippen LogP contribution in [0.25, 0.3) is 0 Å². The van der Waals surface area contributed by atoms with Crippen LogP contribution in [0, 0.1) is 0 Å². The average molecular weight is 334 g/mol. The number of rotatable bonds is 8. The second kappa shape index (κ2) is 9.93. The van der Waals surface area contributed by atoms with E-state index in [2.05, 4.69) is 21.9 Å². The predicted octanol–water partition coefficient (Wildman–Crippen LogP) is 1.57. The fraction of sp³-hybridized carbons (Fsp3) is 0.615. The highest BCUT2D eigenvalue weighted by molar-refractivity contribution is 7.99. The first kappa shape index (κ1) is 20.1. The zero-order chi connectivity index (χ0) is 17.2. The molecule has 9 heteroatoms. The van der Waals surface area contributed by atoms with Crippen LogP contribution in [0.2, 0.25) is 0 Å². The summed E-state index contributed by atoms with van der Waals surface area (Å²) in [5.74, 6) is -0.973. The molecule has 0 radical (unpaired) electrons. The fourth-order valence-electron chi connectivity index (χ4n) is 1.10.